The van der Waals surface area contributed by atoms with Gasteiger partial charge in [0.1, 0.15) is 0 Å². The molecule has 0 bridgehead atoms. The molecule has 1 aliphatic heterocycles. The molecule has 2 rings (SSSR count). The quantitative estimate of drug-likeness (QED) is 0.923. The minimum atomic E-state index is -0.567. The van der Waals surface area contributed by atoms with Crippen molar-refractivity contribution >= 4 is 5.91 Å². The molecule has 0 aliphatic carbocycles. The third-order valence-corrected chi connectivity index (χ3v) is 4.55. The van der Waals surface area contributed by atoms with Crippen molar-refractivity contribution < 1.29 is 9.90 Å². The van der Waals surface area contributed by atoms with Crippen molar-refractivity contribution in [1.82, 2.24) is 9.80 Å². The van der Waals surface area contributed by atoms with Crippen LogP contribution < -0.4 is 0 Å². The maximum absolute atomic E-state index is 12.4. The van der Waals surface area contributed by atoms with E-state index in [-0.39, 0.29) is 11.9 Å². The predicted octanol–water partition coefficient (Wildman–Crippen LogP) is 2.05. The fourth-order valence-electron chi connectivity index (χ4n) is 2.67. The van der Waals surface area contributed by atoms with E-state index in [1.807, 2.05) is 56.1 Å². The van der Waals surface area contributed by atoms with E-state index in [9.17, 15) is 9.90 Å². The number of likely N-dealkylation sites (N-methyl/N-ethyl adjacent to an activating group) is 1. The van der Waals surface area contributed by atoms with Gasteiger partial charge in [-0.1, -0.05) is 30.3 Å². The molecular formula is C17H26N2O2. The zero-order chi connectivity index (χ0) is 15.5. The van der Waals surface area contributed by atoms with Gasteiger partial charge in [0.2, 0.25) is 5.91 Å². The molecule has 4 heteroatoms. The first-order valence-corrected chi connectivity index (χ1v) is 7.64. The average molecular weight is 290 g/mol. The average Bonchev–Trinajstić information content (AvgIpc) is 2.48. The van der Waals surface area contributed by atoms with Gasteiger partial charge in [-0.2, -0.15) is 0 Å². The maximum atomic E-state index is 12.4. The van der Waals surface area contributed by atoms with Crippen molar-refractivity contribution in [3.63, 3.8) is 0 Å². The molecule has 0 saturated carbocycles. The highest BCUT2D eigenvalue weighted by Gasteiger charge is 2.29. The zero-order valence-electron chi connectivity index (χ0n) is 13.2. The van der Waals surface area contributed by atoms with Gasteiger partial charge in [-0.25, -0.2) is 0 Å². The van der Waals surface area contributed by atoms with Gasteiger partial charge < -0.3 is 10.0 Å². The van der Waals surface area contributed by atoms with Crippen molar-refractivity contribution in [3.8, 4) is 0 Å². The molecule has 0 spiro atoms. The van der Waals surface area contributed by atoms with E-state index in [0.717, 1.165) is 31.5 Å². The van der Waals surface area contributed by atoms with Gasteiger partial charge in [-0.3, -0.25) is 9.69 Å². The van der Waals surface area contributed by atoms with Crippen LogP contribution >= 0.6 is 0 Å². The van der Waals surface area contributed by atoms with Crippen molar-refractivity contribution in [2.75, 3.05) is 26.7 Å². The van der Waals surface area contributed by atoms with E-state index in [0.29, 0.717) is 6.54 Å². The summed E-state index contributed by atoms with van der Waals surface area (Å²) in [4.78, 5) is 16.4. The Labute approximate surface area is 127 Å². The summed E-state index contributed by atoms with van der Waals surface area (Å²) in [5, 5.41) is 9.95. The first kappa shape index (κ1) is 16.0. The molecule has 0 aromatic heterocycles. The van der Waals surface area contributed by atoms with Gasteiger partial charge in [0.25, 0.3) is 0 Å². The second kappa shape index (κ2) is 6.58. The highest BCUT2D eigenvalue weighted by Crippen LogP contribution is 2.22. The lowest BCUT2D eigenvalue weighted by Crippen LogP contribution is -2.46. The van der Waals surface area contributed by atoms with E-state index >= 15 is 0 Å². The summed E-state index contributed by atoms with van der Waals surface area (Å²) in [5.74, 6) is 0.132. The number of carbonyl (C=O) groups is 1. The summed E-state index contributed by atoms with van der Waals surface area (Å²) in [6.07, 6.45) is 1.47. The molecule has 1 aromatic carbocycles. The van der Waals surface area contributed by atoms with E-state index in [1.165, 1.54) is 0 Å². The molecule has 1 atom stereocenters. The normalized spacial score (nSPS) is 20.0. The van der Waals surface area contributed by atoms with Crippen LogP contribution in [0, 0.1) is 0 Å². The number of hydrogen-bond donors (Lipinski definition) is 1. The lowest BCUT2D eigenvalue weighted by molar-refractivity contribution is -0.134. The molecule has 1 saturated heterocycles. The van der Waals surface area contributed by atoms with Gasteiger partial charge in [-0.05, 0) is 32.3 Å². The Bertz CT molecular complexity index is 463. The number of carbonyl (C=O) groups excluding carboxylic acids is 1. The summed E-state index contributed by atoms with van der Waals surface area (Å²) in [6, 6.07) is 10.1. The molecule has 1 heterocycles. The Balaban J connectivity index is 1.88. The zero-order valence-corrected chi connectivity index (χ0v) is 13.2. The maximum Gasteiger partial charge on any atom is 0.236 e. The van der Waals surface area contributed by atoms with Crippen LogP contribution in [0.4, 0.5) is 0 Å². The molecule has 21 heavy (non-hydrogen) atoms. The summed E-state index contributed by atoms with van der Waals surface area (Å²) in [5.41, 5.74) is 0.581. The number of rotatable bonds is 4. The first-order chi connectivity index (χ1) is 9.89. The number of piperidine rings is 1. The number of nitrogens with zero attached hydrogens (tertiary/aromatic N) is 2. The van der Waals surface area contributed by atoms with Crippen LogP contribution in [0.15, 0.2) is 30.3 Å². The Morgan fingerprint density at radius 3 is 2.48 bits per heavy atom. The third-order valence-electron chi connectivity index (χ3n) is 4.55. The van der Waals surface area contributed by atoms with Crippen LogP contribution in [0.5, 0.6) is 0 Å². The van der Waals surface area contributed by atoms with Gasteiger partial charge in [0.15, 0.2) is 0 Å². The smallest absolute Gasteiger partial charge is 0.236 e. The minimum Gasteiger partial charge on any atom is -0.390 e. The van der Waals surface area contributed by atoms with Gasteiger partial charge in [-0.15, -0.1) is 0 Å². The van der Waals surface area contributed by atoms with Crippen LogP contribution in [0.2, 0.25) is 0 Å². The molecule has 4 nitrogen and oxygen atoms in total. The van der Waals surface area contributed by atoms with Gasteiger partial charge in [0, 0.05) is 20.1 Å². The number of likely N-dealkylation sites (tertiary alicyclic amines) is 1. The summed E-state index contributed by atoms with van der Waals surface area (Å²) < 4.78 is 0. The molecule has 1 aliphatic rings. The fourth-order valence-corrected chi connectivity index (χ4v) is 2.67. The topological polar surface area (TPSA) is 43.8 Å². The second-order valence-electron chi connectivity index (χ2n) is 6.36. The standard InChI is InChI=1S/C17H26N2O2/c1-14(15-7-5-4-6-8-15)18(3)16(20)13-19-11-9-17(2,21)10-12-19/h4-8,14,21H,9-13H2,1-3H3. The molecule has 1 amide bonds. The SMILES string of the molecule is CC(c1ccccc1)N(C)C(=O)CN1CCC(C)(O)CC1. The lowest BCUT2D eigenvalue weighted by atomic mass is 9.94. The largest absolute Gasteiger partial charge is 0.390 e. The van der Waals surface area contributed by atoms with Gasteiger partial charge in [0.05, 0.1) is 18.2 Å². The van der Waals surface area contributed by atoms with E-state index < -0.39 is 5.60 Å². The molecular weight excluding hydrogens is 264 g/mol. The third kappa shape index (κ3) is 4.29. The number of hydrogen-bond acceptors (Lipinski definition) is 3. The second-order valence-corrected chi connectivity index (χ2v) is 6.36. The van der Waals surface area contributed by atoms with Crippen LogP contribution in [0.3, 0.4) is 0 Å². The van der Waals surface area contributed by atoms with E-state index in [2.05, 4.69) is 4.90 Å². The molecule has 1 N–H and O–H groups in total. The number of amides is 1. The summed E-state index contributed by atoms with van der Waals surface area (Å²) >= 11 is 0. The number of benzene rings is 1. The van der Waals surface area contributed by atoms with Crippen LogP contribution in [-0.2, 0) is 4.79 Å². The van der Waals surface area contributed by atoms with Crippen LogP contribution in [0.25, 0.3) is 0 Å². The van der Waals surface area contributed by atoms with Crippen molar-refractivity contribution in [1.29, 1.82) is 0 Å². The van der Waals surface area contributed by atoms with E-state index in [1.54, 1.807) is 0 Å². The molecule has 1 unspecified atom stereocenters. The fraction of sp³-hybridized carbons (Fsp3) is 0.588. The lowest BCUT2D eigenvalue weighted by Gasteiger charge is -2.36. The highest BCUT2D eigenvalue weighted by molar-refractivity contribution is 5.78. The highest BCUT2D eigenvalue weighted by atomic mass is 16.3. The van der Waals surface area contributed by atoms with Crippen molar-refractivity contribution in [3.05, 3.63) is 35.9 Å². The first-order valence-electron chi connectivity index (χ1n) is 7.64. The Kier molecular flexibility index (Phi) is 5.01. The summed E-state index contributed by atoms with van der Waals surface area (Å²) in [6.45, 7) is 5.92. The predicted molar refractivity (Wildman–Crippen MR) is 83.9 cm³/mol. The molecule has 1 fully saturated rings. The number of aliphatic hydroxyl groups is 1. The Hall–Kier alpha value is -1.39. The monoisotopic (exact) mass is 290 g/mol. The molecule has 116 valence electrons. The van der Waals surface area contributed by atoms with Crippen LogP contribution in [-0.4, -0.2) is 53.1 Å². The van der Waals surface area contributed by atoms with Gasteiger partial charge >= 0.3 is 0 Å². The Morgan fingerprint density at radius 1 is 1.33 bits per heavy atom. The van der Waals surface area contributed by atoms with Crippen LogP contribution in [0.1, 0.15) is 38.3 Å². The molecule has 0 radical (unpaired) electrons. The van der Waals surface area contributed by atoms with E-state index in [4.69, 9.17) is 0 Å². The van der Waals surface area contributed by atoms with Crippen molar-refractivity contribution in [2.45, 2.75) is 38.3 Å². The Morgan fingerprint density at radius 2 is 1.90 bits per heavy atom. The molecule has 1 aromatic rings. The minimum absolute atomic E-state index is 0.0756. The summed E-state index contributed by atoms with van der Waals surface area (Å²) in [7, 11) is 1.86. The van der Waals surface area contributed by atoms with Crippen molar-refractivity contribution in [2.24, 2.45) is 0 Å².